The van der Waals surface area contributed by atoms with Gasteiger partial charge < -0.3 is 124 Å². The van der Waals surface area contributed by atoms with Crippen LogP contribution in [0.4, 0.5) is 0 Å². The number of likely N-dealkylation sites (N-methyl/N-ethyl adjacent to an activating group) is 2. The largest absolute Gasteiger partial charge is 0.479 e. The topological polar surface area (TPSA) is 429 Å². The van der Waals surface area contributed by atoms with Gasteiger partial charge in [-0.1, -0.05) is 73.1 Å². The number of rotatable bonds is 34. The third-order valence-corrected chi connectivity index (χ3v) is 18.5. The van der Waals surface area contributed by atoms with Gasteiger partial charge in [0.2, 0.25) is 0 Å². The Morgan fingerprint density at radius 1 is 0.696 bits per heavy atom. The van der Waals surface area contributed by atoms with E-state index in [0.717, 1.165) is 37.7 Å². The summed E-state index contributed by atoms with van der Waals surface area (Å²) in [6, 6.07) is -2.67. The first-order chi connectivity index (χ1) is 43.1. The van der Waals surface area contributed by atoms with Crippen LogP contribution in [0.3, 0.4) is 0 Å². The second-order valence-electron chi connectivity index (χ2n) is 25.7. The number of nitrogens with one attached hydrogen (secondary N) is 2. The van der Waals surface area contributed by atoms with Gasteiger partial charge in [-0.2, -0.15) is 0 Å². The van der Waals surface area contributed by atoms with Crippen LogP contribution in [0.25, 0.3) is 0 Å². The van der Waals surface area contributed by atoms with Crippen LogP contribution >= 0.6 is 7.82 Å². The van der Waals surface area contributed by atoms with Gasteiger partial charge in [-0.3, -0.25) is 9.05 Å². The number of carbonyl (C=O) groups excluding carboxylic acids is 1. The highest BCUT2D eigenvalue weighted by molar-refractivity contribution is 7.47. The second kappa shape index (κ2) is 36.1. The van der Waals surface area contributed by atoms with Crippen molar-refractivity contribution >= 4 is 20.1 Å². The van der Waals surface area contributed by atoms with E-state index in [1.54, 1.807) is 6.08 Å². The van der Waals surface area contributed by atoms with Crippen molar-refractivity contribution in [3.63, 3.8) is 0 Å². The molecular formula is C62H105N2O27P. The summed E-state index contributed by atoms with van der Waals surface area (Å²) in [4.78, 5) is 36.6. The number of aliphatic hydroxyl groups excluding tert-OH is 9. The maximum Gasteiger partial charge on any atom is 0.474 e. The quantitative estimate of drug-likeness (QED) is 0.0241. The van der Waals surface area contributed by atoms with Crippen LogP contribution in [0.5, 0.6) is 0 Å². The van der Waals surface area contributed by atoms with Crippen molar-refractivity contribution in [1.82, 2.24) is 10.6 Å². The van der Waals surface area contributed by atoms with E-state index in [2.05, 4.69) is 76.1 Å². The van der Waals surface area contributed by atoms with Crippen molar-refractivity contribution in [2.75, 3.05) is 40.5 Å². The monoisotopic (exact) mass is 1340 g/mol. The van der Waals surface area contributed by atoms with Gasteiger partial charge in [0, 0.05) is 0 Å². The van der Waals surface area contributed by atoms with Crippen molar-refractivity contribution in [2.24, 2.45) is 11.3 Å². The summed E-state index contributed by atoms with van der Waals surface area (Å²) in [6.07, 6.45) is -18.9. The van der Waals surface area contributed by atoms with E-state index in [-0.39, 0.29) is 18.3 Å². The van der Waals surface area contributed by atoms with E-state index in [1.807, 2.05) is 6.92 Å². The molecule has 5 fully saturated rings. The van der Waals surface area contributed by atoms with Gasteiger partial charge >= 0.3 is 13.8 Å². The van der Waals surface area contributed by atoms with E-state index in [1.165, 1.54) is 58.5 Å². The predicted octanol–water partition coefficient (Wildman–Crippen LogP) is 0.796. The highest BCUT2D eigenvalue weighted by Gasteiger charge is 2.58. The summed E-state index contributed by atoms with van der Waals surface area (Å²) in [5.74, 6) is -3.23. The lowest BCUT2D eigenvalue weighted by Crippen LogP contribution is -2.70. The minimum atomic E-state index is -5.44. The van der Waals surface area contributed by atoms with E-state index in [4.69, 9.17) is 56.4 Å². The van der Waals surface area contributed by atoms with Gasteiger partial charge in [-0.25, -0.2) is 9.36 Å². The number of phosphoric ester groups is 1. The number of phosphoric acid groups is 1. The van der Waals surface area contributed by atoms with Crippen LogP contribution in [-0.4, -0.2) is 267 Å². The van der Waals surface area contributed by atoms with Crippen LogP contribution in [0.2, 0.25) is 0 Å². The van der Waals surface area contributed by atoms with Gasteiger partial charge in [0.1, 0.15) is 85.6 Å². The lowest BCUT2D eigenvalue weighted by atomic mass is 9.79. The molecule has 29 nitrogen and oxygen atoms in total. The summed E-state index contributed by atoms with van der Waals surface area (Å²) in [5.41, 5.74) is 2.55. The number of allylic oxidation sites excluding steroid dienone is 8. The summed E-state index contributed by atoms with van der Waals surface area (Å²) in [5, 5.41) is 125. The molecule has 92 heavy (non-hydrogen) atoms. The number of carboxylic acids is 1. The molecule has 0 bridgehead atoms. The van der Waals surface area contributed by atoms with E-state index >= 15 is 0 Å². The Bertz CT molecular complexity index is 2500. The molecule has 5 heterocycles. The fourth-order valence-electron chi connectivity index (χ4n) is 11.2. The van der Waals surface area contributed by atoms with Crippen LogP contribution < -0.4 is 10.6 Å². The standard InChI is InChI=1S/C62H105N2O27P/c1-31(2)17-16-19-32(3)20-21-34(5)22-25-61(9,10)24-15-14-18-33(4)23-26-80-41(55(75)76)30-82-92(78,79)91-60-53(38(27-65)62(11,77)37(8)85-60)89-57-43(64-13)47(70)54(40(87-57)29-81-58-50(73)49(72)45(68)39(28-66)86-58)90-56-42(63-12)46(69)52(36(7)84-56)88-59-51(74)48(71)44(67)35(6)83-59/h15,17,20,23-24,27,35-54,56-60,63-64,66-74,77H,5,14,16,18-19,21-22,25-26,28-30H2,1-4,6-13H3,(H,75,76)(H,78,79)/b24-15+,32-20+,33-23-/t35?,36?,37?,38?,39?,40?,41-,42?,43?,44?,45?,46?,47?,48?,49?,50?,51?,52?,53?,54?,56?,57?,58?,59?,60?,62?/m1/s1. The first-order valence-electron chi connectivity index (χ1n) is 31.3. The molecule has 5 aliphatic heterocycles. The highest BCUT2D eigenvalue weighted by Crippen LogP contribution is 2.49. The van der Waals surface area contributed by atoms with E-state index in [0.29, 0.717) is 12.8 Å². The molecular weight excluding hydrogens is 1240 g/mol. The molecule has 5 aliphatic rings. The smallest absolute Gasteiger partial charge is 0.474 e. The molecule has 5 rings (SSSR count). The van der Waals surface area contributed by atoms with Gasteiger partial charge in [-0.05, 0) is 120 Å². The molecule has 530 valence electrons. The van der Waals surface area contributed by atoms with Gasteiger partial charge in [0.05, 0.1) is 68.3 Å². The summed E-state index contributed by atoms with van der Waals surface area (Å²) in [6.45, 7) is 19.5. The number of hydrogen-bond acceptors (Lipinski definition) is 27. The van der Waals surface area contributed by atoms with Gasteiger partial charge in [0.15, 0.2) is 37.6 Å². The zero-order valence-electron chi connectivity index (χ0n) is 54.8. The number of aliphatic carboxylic acids is 1. The Morgan fingerprint density at radius 3 is 1.88 bits per heavy atom. The first kappa shape index (κ1) is 79.8. The molecule has 26 unspecified atom stereocenters. The first-order valence-corrected chi connectivity index (χ1v) is 32.8. The third kappa shape index (κ3) is 21.8. The van der Waals surface area contributed by atoms with Crippen molar-refractivity contribution in [3.05, 3.63) is 59.3 Å². The highest BCUT2D eigenvalue weighted by atomic mass is 31.2. The minimum Gasteiger partial charge on any atom is -0.479 e. The summed E-state index contributed by atoms with van der Waals surface area (Å²) >= 11 is 0. The molecule has 0 aliphatic carbocycles. The van der Waals surface area contributed by atoms with Gasteiger partial charge in [0.25, 0.3) is 0 Å². The van der Waals surface area contributed by atoms with E-state index < -0.39 is 192 Å². The minimum absolute atomic E-state index is 0.0751. The average Bonchev–Trinajstić information content (AvgIpc) is 0.767. The number of carbonyl (C=O) groups is 2. The zero-order chi connectivity index (χ0) is 68.7. The Kier molecular flexibility index (Phi) is 31.3. The molecule has 0 aromatic rings. The molecule has 30 heteroatoms. The third-order valence-electron chi connectivity index (χ3n) is 17.6. The van der Waals surface area contributed by atoms with Crippen LogP contribution in [0, 0.1) is 11.3 Å². The summed E-state index contributed by atoms with van der Waals surface area (Å²) in [7, 11) is -2.65. The van der Waals surface area contributed by atoms with Gasteiger partial charge in [-0.15, -0.1) is 0 Å². The zero-order valence-corrected chi connectivity index (χ0v) is 55.7. The normalized spacial score (nSPS) is 39.4. The van der Waals surface area contributed by atoms with Crippen LogP contribution in [0.1, 0.15) is 114 Å². The summed E-state index contributed by atoms with van der Waals surface area (Å²) < 4.78 is 84.4. The Balaban J connectivity index is 1.29. The molecule has 5 saturated heterocycles. The average molecular weight is 1340 g/mol. The number of aldehydes is 1. The molecule has 0 aromatic heterocycles. The lowest BCUT2D eigenvalue weighted by Gasteiger charge is -2.51. The maximum atomic E-state index is 13.8. The Hall–Kier alpha value is -2.93. The predicted molar refractivity (Wildman–Crippen MR) is 327 cm³/mol. The number of carboxylic acid groups (broad SMARTS) is 1. The van der Waals surface area contributed by atoms with Crippen LogP contribution in [-0.2, 0) is 70.6 Å². The molecule has 0 radical (unpaired) electrons. The number of aliphatic hydroxyl groups is 10. The maximum absolute atomic E-state index is 13.8. The second-order valence-corrected chi connectivity index (χ2v) is 27.2. The van der Waals surface area contributed by atoms with Crippen molar-refractivity contribution < 1.29 is 132 Å². The fraction of sp³-hybridized carbons (Fsp3) is 0.806. The molecule has 27 atom stereocenters. The molecule has 0 saturated carbocycles. The molecule has 0 amide bonds. The van der Waals surface area contributed by atoms with Crippen molar-refractivity contribution in [1.29, 1.82) is 0 Å². The van der Waals surface area contributed by atoms with Crippen molar-refractivity contribution in [2.45, 2.75) is 267 Å². The SMILES string of the molecule is C=C(C/C=C(\C)CCC=C(C)C)CCC(C)(C)/C=C/CC/C(C)=C\CO[C@H](COP(=O)(O)OC1OC(C)C(C)(O)C(C=O)C1OC1OC(COC2OC(CO)C(O)C(O)C2O)C(OC2OC(C)C(OC3OC(C)C(O)C(O)C3O)C(O)C2NC)C(O)C1NC)C(=O)O. The number of ether oxygens (including phenoxy) is 10. The lowest BCUT2D eigenvalue weighted by molar-refractivity contribution is -0.372. The molecule has 0 spiro atoms. The van der Waals surface area contributed by atoms with Crippen molar-refractivity contribution in [3.8, 4) is 0 Å². The van der Waals surface area contributed by atoms with Crippen LogP contribution in [0.15, 0.2) is 59.3 Å². The fourth-order valence-corrected chi connectivity index (χ4v) is 12.0. The molecule has 14 N–H and O–H groups in total. The van der Waals surface area contributed by atoms with E-state index in [9.17, 15) is 75.2 Å². The Labute approximate surface area is 538 Å². The molecule has 0 aromatic carbocycles. The number of hydrogen-bond donors (Lipinski definition) is 14. The Morgan fingerprint density at radius 2 is 1.26 bits per heavy atom.